The van der Waals surface area contributed by atoms with Crippen LogP contribution in [0, 0.1) is 12.8 Å². The van der Waals surface area contributed by atoms with Crippen LogP contribution in [0.1, 0.15) is 53.8 Å². The van der Waals surface area contributed by atoms with Crippen LogP contribution in [0.25, 0.3) is 11.0 Å². The van der Waals surface area contributed by atoms with E-state index >= 15 is 0 Å². The molecule has 1 fully saturated rings. The summed E-state index contributed by atoms with van der Waals surface area (Å²) >= 11 is 0. The summed E-state index contributed by atoms with van der Waals surface area (Å²) in [6.45, 7) is 1.89. The summed E-state index contributed by atoms with van der Waals surface area (Å²) in [7, 11) is 0. The molecular formula is C23H23NO3. The van der Waals surface area contributed by atoms with E-state index < -0.39 is 0 Å². The zero-order chi connectivity index (χ0) is 18.8. The molecule has 1 aliphatic carbocycles. The quantitative estimate of drug-likeness (QED) is 0.625. The van der Waals surface area contributed by atoms with E-state index in [1.54, 1.807) is 12.1 Å². The Hall–Kier alpha value is -2.88. The fourth-order valence-corrected chi connectivity index (χ4v) is 3.85. The highest BCUT2D eigenvalue weighted by molar-refractivity contribution is 6.10. The van der Waals surface area contributed by atoms with E-state index in [9.17, 15) is 9.59 Å². The molecule has 1 aliphatic rings. The molecule has 27 heavy (non-hydrogen) atoms. The number of hydrogen-bond acceptors (Lipinski definition) is 3. The minimum absolute atomic E-state index is 0.0814. The molecule has 1 saturated carbocycles. The number of hydrogen-bond donors (Lipinski definition) is 1. The second kappa shape index (κ2) is 7.39. The molecule has 3 aromatic rings. The molecule has 1 aromatic heterocycles. The van der Waals surface area contributed by atoms with Crippen molar-refractivity contribution in [3.8, 4) is 0 Å². The molecule has 1 heterocycles. The van der Waals surface area contributed by atoms with Crippen LogP contribution in [-0.4, -0.2) is 11.7 Å². The smallest absolute Gasteiger partial charge is 0.228 e. The lowest BCUT2D eigenvalue weighted by atomic mass is 9.88. The Morgan fingerprint density at radius 2 is 1.74 bits per heavy atom. The second-order valence-electron chi connectivity index (χ2n) is 7.29. The molecule has 1 amide bonds. The Morgan fingerprint density at radius 1 is 1.00 bits per heavy atom. The summed E-state index contributed by atoms with van der Waals surface area (Å²) in [6.07, 6.45) is 5.39. The fourth-order valence-electron chi connectivity index (χ4n) is 3.85. The third-order valence-corrected chi connectivity index (χ3v) is 5.42. The van der Waals surface area contributed by atoms with E-state index in [1.807, 2.05) is 43.3 Å². The summed E-state index contributed by atoms with van der Waals surface area (Å²) in [5, 5.41) is 3.90. The Kier molecular flexibility index (Phi) is 4.80. The highest BCUT2D eigenvalue weighted by Crippen LogP contribution is 2.30. The van der Waals surface area contributed by atoms with Gasteiger partial charge in [-0.3, -0.25) is 9.59 Å². The maximum absolute atomic E-state index is 12.7. The minimum atomic E-state index is -0.128. The SMILES string of the molecule is Cc1c(C(=O)c2ccccc2)oc2cc(NC(=O)C3CCCCC3)ccc12. The lowest BCUT2D eigenvalue weighted by Gasteiger charge is -2.20. The molecule has 4 heteroatoms. The van der Waals surface area contributed by atoms with Crippen molar-refractivity contribution in [2.45, 2.75) is 39.0 Å². The van der Waals surface area contributed by atoms with Gasteiger partial charge >= 0.3 is 0 Å². The van der Waals surface area contributed by atoms with E-state index in [0.29, 0.717) is 22.6 Å². The molecule has 138 valence electrons. The zero-order valence-electron chi connectivity index (χ0n) is 15.5. The molecule has 1 N–H and O–H groups in total. The van der Waals surface area contributed by atoms with Gasteiger partial charge in [0.25, 0.3) is 0 Å². The molecule has 2 aromatic carbocycles. The van der Waals surface area contributed by atoms with Gasteiger partial charge in [-0.15, -0.1) is 0 Å². The number of aryl methyl sites for hydroxylation is 1. The Morgan fingerprint density at radius 3 is 2.48 bits per heavy atom. The van der Waals surface area contributed by atoms with E-state index in [1.165, 1.54) is 6.42 Å². The predicted molar refractivity (Wildman–Crippen MR) is 106 cm³/mol. The van der Waals surface area contributed by atoms with Crippen LogP contribution < -0.4 is 5.32 Å². The lowest BCUT2D eigenvalue weighted by molar-refractivity contribution is -0.120. The van der Waals surface area contributed by atoms with E-state index in [2.05, 4.69) is 5.32 Å². The van der Waals surface area contributed by atoms with Crippen molar-refractivity contribution in [1.82, 2.24) is 0 Å². The first-order valence-electron chi connectivity index (χ1n) is 9.57. The van der Waals surface area contributed by atoms with Crippen LogP contribution in [0.15, 0.2) is 52.9 Å². The first kappa shape index (κ1) is 17.5. The summed E-state index contributed by atoms with van der Waals surface area (Å²) in [6, 6.07) is 14.7. The number of carbonyl (C=O) groups is 2. The summed E-state index contributed by atoms with van der Waals surface area (Å²) in [4.78, 5) is 25.2. The fraction of sp³-hybridized carbons (Fsp3) is 0.304. The number of carbonyl (C=O) groups excluding carboxylic acids is 2. The monoisotopic (exact) mass is 361 g/mol. The number of nitrogens with one attached hydrogen (secondary N) is 1. The number of benzene rings is 2. The summed E-state index contributed by atoms with van der Waals surface area (Å²) in [5.41, 5.74) is 2.76. The zero-order valence-corrected chi connectivity index (χ0v) is 15.5. The Labute approximate surface area is 158 Å². The van der Waals surface area contributed by atoms with Crippen molar-refractivity contribution in [2.75, 3.05) is 5.32 Å². The van der Waals surface area contributed by atoms with Gasteiger partial charge in [0.1, 0.15) is 5.58 Å². The number of anilines is 1. The highest BCUT2D eigenvalue weighted by Gasteiger charge is 2.22. The van der Waals surface area contributed by atoms with Gasteiger partial charge in [0, 0.05) is 34.2 Å². The first-order chi connectivity index (χ1) is 13.1. The third kappa shape index (κ3) is 3.52. The Bertz CT molecular complexity index is 982. The molecule has 0 unspecified atom stereocenters. The van der Waals surface area contributed by atoms with Crippen LogP contribution in [0.4, 0.5) is 5.69 Å². The van der Waals surface area contributed by atoms with Gasteiger partial charge in [0.15, 0.2) is 5.76 Å². The first-order valence-corrected chi connectivity index (χ1v) is 9.57. The van der Waals surface area contributed by atoms with Crippen LogP contribution in [0.3, 0.4) is 0 Å². The van der Waals surface area contributed by atoms with E-state index in [-0.39, 0.29) is 17.6 Å². The van der Waals surface area contributed by atoms with Crippen LogP contribution in [0.2, 0.25) is 0 Å². The van der Waals surface area contributed by atoms with E-state index in [4.69, 9.17) is 4.42 Å². The molecule has 0 atom stereocenters. The van der Waals surface area contributed by atoms with Gasteiger partial charge in [-0.2, -0.15) is 0 Å². The van der Waals surface area contributed by atoms with Gasteiger partial charge in [-0.05, 0) is 31.9 Å². The molecule has 0 aliphatic heterocycles. The van der Waals surface area contributed by atoms with Gasteiger partial charge in [-0.25, -0.2) is 0 Å². The number of amides is 1. The Balaban J connectivity index is 1.59. The van der Waals surface area contributed by atoms with Crippen LogP contribution in [-0.2, 0) is 4.79 Å². The van der Waals surface area contributed by atoms with Gasteiger partial charge in [-0.1, -0.05) is 49.6 Å². The lowest BCUT2D eigenvalue weighted by Crippen LogP contribution is -2.24. The maximum Gasteiger partial charge on any atom is 0.228 e. The molecular weight excluding hydrogens is 338 g/mol. The molecule has 0 spiro atoms. The number of rotatable bonds is 4. The number of ketones is 1. The van der Waals surface area contributed by atoms with Crippen molar-refractivity contribution in [1.29, 1.82) is 0 Å². The van der Waals surface area contributed by atoms with Crippen LogP contribution in [0.5, 0.6) is 0 Å². The topological polar surface area (TPSA) is 59.3 Å². The number of fused-ring (bicyclic) bond motifs is 1. The van der Waals surface area contributed by atoms with Gasteiger partial charge in [0.2, 0.25) is 11.7 Å². The van der Waals surface area contributed by atoms with Crippen molar-refractivity contribution in [3.05, 3.63) is 65.4 Å². The molecule has 4 rings (SSSR count). The molecule has 0 bridgehead atoms. The average molecular weight is 361 g/mol. The highest BCUT2D eigenvalue weighted by atomic mass is 16.3. The van der Waals surface area contributed by atoms with Crippen molar-refractivity contribution in [2.24, 2.45) is 5.92 Å². The molecule has 0 saturated heterocycles. The summed E-state index contributed by atoms with van der Waals surface area (Å²) in [5.74, 6) is 0.407. The van der Waals surface area contributed by atoms with E-state index in [0.717, 1.165) is 36.6 Å². The average Bonchev–Trinajstić information content (AvgIpc) is 3.04. The van der Waals surface area contributed by atoms with Crippen LogP contribution >= 0.6 is 0 Å². The molecule has 0 radical (unpaired) electrons. The van der Waals surface area contributed by atoms with Gasteiger partial charge in [0.05, 0.1) is 0 Å². The minimum Gasteiger partial charge on any atom is -0.452 e. The normalized spacial score (nSPS) is 15.0. The maximum atomic E-state index is 12.7. The predicted octanol–water partition coefficient (Wildman–Crippen LogP) is 5.49. The van der Waals surface area contributed by atoms with Crippen molar-refractivity contribution >= 4 is 28.3 Å². The molecule has 4 nitrogen and oxygen atoms in total. The van der Waals surface area contributed by atoms with Crippen molar-refractivity contribution in [3.63, 3.8) is 0 Å². The summed E-state index contributed by atoms with van der Waals surface area (Å²) < 4.78 is 5.88. The second-order valence-corrected chi connectivity index (χ2v) is 7.29. The standard InChI is InChI=1S/C23H23NO3/c1-15-19-13-12-18(24-23(26)17-10-6-3-7-11-17)14-20(19)27-22(15)21(25)16-8-4-2-5-9-16/h2,4-5,8-9,12-14,17H,3,6-7,10-11H2,1H3,(H,24,26). The van der Waals surface area contributed by atoms with Gasteiger partial charge < -0.3 is 9.73 Å². The van der Waals surface area contributed by atoms with Crippen molar-refractivity contribution < 1.29 is 14.0 Å². The third-order valence-electron chi connectivity index (χ3n) is 5.42. The number of furan rings is 1. The largest absolute Gasteiger partial charge is 0.452 e.